The average Bonchev–Trinajstić information content (AvgIpc) is 2.34. The van der Waals surface area contributed by atoms with Crippen molar-refractivity contribution in [3.8, 4) is 0 Å². The number of hydrogen-bond donors (Lipinski definition) is 1. The first kappa shape index (κ1) is 14.1. The molecule has 18 heavy (non-hydrogen) atoms. The van der Waals surface area contributed by atoms with Crippen molar-refractivity contribution in [2.24, 2.45) is 0 Å². The van der Waals surface area contributed by atoms with Crippen molar-refractivity contribution in [2.45, 2.75) is 12.5 Å². The Bertz CT molecular complexity index is 537. The van der Waals surface area contributed by atoms with Gasteiger partial charge in [0.15, 0.2) is 0 Å². The van der Waals surface area contributed by atoms with Crippen LogP contribution in [-0.4, -0.2) is 5.11 Å². The molecule has 1 atom stereocenters. The minimum Gasteiger partial charge on any atom is -0.388 e. The Kier molecular flexibility index (Phi) is 4.90. The molecule has 4 heteroatoms. The molecule has 1 nitrogen and oxygen atoms in total. The molecular weight excluding hydrogens is 382 g/mol. The van der Waals surface area contributed by atoms with Gasteiger partial charge < -0.3 is 5.11 Å². The van der Waals surface area contributed by atoms with Crippen molar-refractivity contribution >= 4 is 45.8 Å². The topological polar surface area (TPSA) is 20.2 Å². The molecule has 0 aliphatic rings. The summed E-state index contributed by atoms with van der Waals surface area (Å²) in [6, 6.07) is 13.1. The van der Waals surface area contributed by atoms with Crippen molar-refractivity contribution in [2.75, 3.05) is 0 Å². The Balaban J connectivity index is 2.27. The van der Waals surface area contributed by atoms with Gasteiger partial charge in [-0.25, -0.2) is 0 Å². The smallest absolute Gasteiger partial charge is 0.0841 e. The fourth-order valence-electron chi connectivity index (χ4n) is 1.78. The Morgan fingerprint density at radius 3 is 2.22 bits per heavy atom. The number of aliphatic hydroxyl groups is 1. The molecule has 0 aromatic heterocycles. The van der Waals surface area contributed by atoms with Crippen LogP contribution in [0.4, 0.5) is 0 Å². The molecule has 1 unspecified atom stereocenters. The van der Waals surface area contributed by atoms with E-state index < -0.39 is 6.10 Å². The second-order valence-electron chi connectivity index (χ2n) is 3.94. The minimum atomic E-state index is -0.601. The summed E-state index contributed by atoms with van der Waals surface area (Å²) in [5, 5.41) is 11.5. The second-order valence-corrected chi connectivity index (χ2v) is 5.92. The van der Waals surface area contributed by atoms with E-state index in [0.29, 0.717) is 16.5 Å². The van der Waals surface area contributed by atoms with Crippen molar-refractivity contribution < 1.29 is 5.11 Å². The Hall–Kier alpha value is -0.290. The molecule has 2 aromatic carbocycles. The first-order chi connectivity index (χ1) is 8.59. The Labute approximate surface area is 130 Å². The van der Waals surface area contributed by atoms with Gasteiger partial charge in [-0.2, -0.15) is 0 Å². The highest BCUT2D eigenvalue weighted by atomic mass is 127. The largest absolute Gasteiger partial charge is 0.388 e. The van der Waals surface area contributed by atoms with E-state index >= 15 is 0 Å². The molecule has 0 aliphatic heterocycles. The van der Waals surface area contributed by atoms with Crippen LogP contribution < -0.4 is 0 Å². The van der Waals surface area contributed by atoms with Gasteiger partial charge in [0, 0.05) is 20.0 Å². The molecule has 2 rings (SSSR count). The summed E-state index contributed by atoms with van der Waals surface area (Å²) in [6.07, 6.45) is -0.186. The van der Waals surface area contributed by atoms with Crippen molar-refractivity contribution in [1.82, 2.24) is 0 Å². The quantitative estimate of drug-likeness (QED) is 0.738. The highest BCUT2D eigenvalue weighted by Gasteiger charge is 2.15. The summed E-state index contributed by atoms with van der Waals surface area (Å²) < 4.78 is 1.03. The molecule has 2 aromatic rings. The highest BCUT2D eigenvalue weighted by Crippen LogP contribution is 2.30. The summed E-state index contributed by atoms with van der Waals surface area (Å²) in [5.74, 6) is 0. The van der Waals surface area contributed by atoms with Crippen LogP contribution in [0.2, 0.25) is 10.0 Å². The molecule has 0 heterocycles. The third-order valence-corrected chi connectivity index (χ3v) is 4.41. The number of aliphatic hydroxyl groups excluding tert-OH is 1. The second kappa shape index (κ2) is 6.24. The van der Waals surface area contributed by atoms with Gasteiger partial charge in [-0.05, 0) is 51.9 Å². The van der Waals surface area contributed by atoms with Crippen LogP contribution in [0.3, 0.4) is 0 Å². The molecule has 1 N–H and O–H groups in total. The molecule has 0 bridgehead atoms. The van der Waals surface area contributed by atoms with Gasteiger partial charge in [0.2, 0.25) is 0 Å². The maximum atomic E-state index is 10.3. The van der Waals surface area contributed by atoms with E-state index in [2.05, 4.69) is 22.6 Å². The molecule has 94 valence electrons. The van der Waals surface area contributed by atoms with Crippen LogP contribution in [0.5, 0.6) is 0 Å². The molecule has 0 radical (unpaired) electrons. The number of rotatable bonds is 3. The van der Waals surface area contributed by atoms with E-state index in [1.165, 1.54) is 0 Å². The van der Waals surface area contributed by atoms with E-state index in [4.69, 9.17) is 23.2 Å². The maximum Gasteiger partial charge on any atom is 0.0841 e. The number of hydrogen-bond acceptors (Lipinski definition) is 1. The summed E-state index contributed by atoms with van der Waals surface area (Å²) in [6.45, 7) is 0. The van der Waals surface area contributed by atoms with Gasteiger partial charge in [0.05, 0.1) is 6.10 Å². The maximum absolute atomic E-state index is 10.3. The van der Waals surface area contributed by atoms with E-state index in [9.17, 15) is 5.11 Å². The van der Waals surface area contributed by atoms with Gasteiger partial charge in [0.1, 0.15) is 0 Å². The zero-order chi connectivity index (χ0) is 13.1. The fraction of sp³-hybridized carbons (Fsp3) is 0.143. The van der Waals surface area contributed by atoms with Gasteiger partial charge in [0.25, 0.3) is 0 Å². The van der Waals surface area contributed by atoms with Gasteiger partial charge in [-0.15, -0.1) is 0 Å². The van der Waals surface area contributed by atoms with E-state index in [1.54, 1.807) is 18.2 Å². The van der Waals surface area contributed by atoms with Crippen LogP contribution in [-0.2, 0) is 6.42 Å². The van der Waals surface area contributed by atoms with E-state index in [1.807, 2.05) is 24.3 Å². The summed E-state index contributed by atoms with van der Waals surface area (Å²) in [4.78, 5) is 0. The van der Waals surface area contributed by atoms with Crippen molar-refractivity contribution in [1.29, 1.82) is 0 Å². The molecule has 0 amide bonds. The van der Waals surface area contributed by atoms with Crippen LogP contribution in [0.25, 0.3) is 0 Å². The average molecular weight is 393 g/mol. The third kappa shape index (κ3) is 3.18. The Morgan fingerprint density at radius 1 is 1.00 bits per heavy atom. The SMILES string of the molecule is OC(Cc1c(Cl)cccc1Cl)c1ccccc1I. The van der Waals surface area contributed by atoms with E-state index in [0.717, 1.165) is 14.7 Å². The first-order valence-corrected chi connectivity index (χ1v) is 7.28. The fourth-order valence-corrected chi connectivity index (χ4v) is 3.07. The summed E-state index contributed by atoms with van der Waals surface area (Å²) in [5.41, 5.74) is 1.68. The van der Waals surface area contributed by atoms with Crippen molar-refractivity contribution in [3.05, 3.63) is 67.2 Å². The minimum absolute atomic E-state index is 0.415. The predicted octanol–water partition coefficient (Wildman–Crippen LogP) is 4.87. The zero-order valence-corrected chi connectivity index (χ0v) is 13.1. The van der Waals surface area contributed by atoms with Gasteiger partial charge >= 0.3 is 0 Å². The third-order valence-electron chi connectivity index (χ3n) is 2.72. The standard InChI is InChI=1S/C14H11Cl2IO/c15-11-5-3-6-12(16)10(11)8-14(18)9-4-1-2-7-13(9)17/h1-7,14,18H,8H2. The zero-order valence-electron chi connectivity index (χ0n) is 9.41. The normalized spacial score (nSPS) is 12.4. The molecule has 0 saturated heterocycles. The summed E-state index contributed by atoms with van der Waals surface area (Å²) >= 11 is 14.4. The van der Waals surface area contributed by atoms with Gasteiger partial charge in [-0.3, -0.25) is 0 Å². The molecule has 0 saturated carbocycles. The Morgan fingerprint density at radius 2 is 1.61 bits per heavy atom. The van der Waals surface area contributed by atoms with E-state index in [-0.39, 0.29) is 0 Å². The molecule has 0 spiro atoms. The number of halogens is 3. The number of benzene rings is 2. The molecular formula is C14H11Cl2IO. The highest BCUT2D eigenvalue weighted by molar-refractivity contribution is 14.1. The van der Waals surface area contributed by atoms with Crippen LogP contribution in [0.1, 0.15) is 17.2 Å². The first-order valence-electron chi connectivity index (χ1n) is 5.45. The lowest BCUT2D eigenvalue weighted by Gasteiger charge is -2.14. The van der Waals surface area contributed by atoms with Crippen LogP contribution >= 0.6 is 45.8 Å². The monoisotopic (exact) mass is 392 g/mol. The van der Waals surface area contributed by atoms with Crippen LogP contribution in [0, 0.1) is 3.57 Å². The molecule has 0 aliphatic carbocycles. The predicted molar refractivity (Wildman–Crippen MR) is 84.3 cm³/mol. The molecule has 0 fully saturated rings. The lowest BCUT2D eigenvalue weighted by atomic mass is 10.0. The summed E-state index contributed by atoms with van der Waals surface area (Å²) in [7, 11) is 0. The van der Waals surface area contributed by atoms with Crippen LogP contribution in [0.15, 0.2) is 42.5 Å². The van der Waals surface area contributed by atoms with Gasteiger partial charge in [-0.1, -0.05) is 47.5 Å². The lowest BCUT2D eigenvalue weighted by Crippen LogP contribution is -2.04. The lowest BCUT2D eigenvalue weighted by molar-refractivity contribution is 0.177. The van der Waals surface area contributed by atoms with Crippen molar-refractivity contribution in [3.63, 3.8) is 0 Å².